The molecule has 0 amide bonds. The summed E-state index contributed by atoms with van der Waals surface area (Å²) in [5, 5.41) is 11.5. The van der Waals surface area contributed by atoms with Gasteiger partial charge in [0.15, 0.2) is 0 Å². The summed E-state index contributed by atoms with van der Waals surface area (Å²) in [6, 6.07) is 5.08. The highest BCUT2D eigenvalue weighted by Crippen LogP contribution is 2.09. The van der Waals surface area contributed by atoms with Gasteiger partial charge in [-0.3, -0.25) is 4.79 Å². The number of aromatic nitrogens is 6. The van der Waals surface area contributed by atoms with E-state index in [4.69, 9.17) is 11.6 Å². The second-order valence-corrected chi connectivity index (χ2v) is 4.48. The molecule has 19 heavy (non-hydrogen) atoms. The van der Waals surface area contributed by atoms with Crippen molar-refractivity contribution in [3.05, 3.63) is 51.2 Å². The highest BCUT2D eigenvalue weighted by Gasteiger charge is 2.09. The second kappa shape index (κ2) is 4.43. The lowest BCUT2D eigenvalue weighted by Crippen LogP contribution is -2.20. The highest BCUT2D eigenvalue weighted by atomic mass is 35.5. The van der Waals surface area contributed by atoms with Crippen LogP contribution in [0.25, 0.3) is 5.78 Å². The van der Waals surface area contributed by atoms with Crippen LogP contribution in [-0.4, -0.2) is 29.6 Å². The van der Waals surface area contributed by atoms with Crippen molar-refractivity contribution in [3.8, 4) is 0 Å². The van der Waals surface area contributed by atoms with Gasteiger partial charge in [0.1, 0.15) is 5.15 Å². The molecule has 7 nitrogen and oxygen atoms in total. The maximum atomic E-state index is 11.7. The standard InChI is InChI=1S/C11H9ClN6O/c1-7-4-10(19)18-11(14-15-16-18)17(7)6-8-2-3-9(12)13-5-8/h2-5H,6H2,1H3. The molecule has 3 aromatic heterocycles. The molecule has 0 unspecified atom stereocenters. The van der Waals surface area contributed by atoms with Crippen LogP contribution in [-0.2, 0) is 6.54 Å². The summed E-state index contributed by atoms with van der Waals surface area (Å²) in [5.41, 5.74) is 1.48. The number of hydrogen-bond donors (Lipinski definition) is 0. The Labute approximate surface area is 112 Å². The molecule has 0 saturated carbocycles. The maximum Gasteiger partial charge on any atom is 0.277 e. The first kappa shape index (κ1) is 11.8. The molecule has 3 aromatic rings. The summed E-state index contributed by atoms with van der Waals surface area (Å²) in [6.07, 6.45) is 1.68. The molecule has 0 spiro atoms. The predicted octanol–water partition coefficient (Wildman–Crippen LogP) is 0.691. The molecule has 0 aliphatic carbocycles. The summed E-state index contributed by atoms with van der Waals surface area (Å²) in [6.45, 7) is 2.35. The van der Waals surface area contributed by atoms with Crippen LogP contribution in [0.1, 0.15) is 11.3 Å². The quantitative estimate of drug-likeness (QED) is 0.644. The minimum Gasteiger partial charge on any atom is -0.308 e. The van der Waals surface area contributed by atoms with Gasteiger partial charge < -0.3 is 4.57 Å². The van der Waals surface area contributed by atoms with Crippen molar-refractivity contribution in [2.75, 3.05) is 0 Å². The zero-order valence-electron chi connectivity index (χ0n) is 9.99. The molecule has 96 valence electrons. The van der Waals surface area contributed by atoms with E-state index in [9.17, 15) is 4.79 Å². The van der Waals surface area contributed by atoms with Gasteiger partial charge in [-0.25, -0.2) is 4.98 Å². The molecule has 0 radical (unpaired) electrons. The first-order chi connectivity index (χ1) is 9.15. The van der Waals surface area contributed by atoms with E-state index in [-0.39, 0.29) is 5.56 Å². The van der Waals surface area contributed by atoms with E-state index >= 15 is 0 Å². The van der Waals surface area contributed by atoms with Crippen LogP contribution in [0, 0.1) is 6.92 Å². The van der Waals surface area contributed by atoms with E-state index in [1.54, 1.807) is 12.3 Å². The minimum atomic E-state index is -0.247. The molecule has 3 rings (SSSR count). The van der Waals surface area contributed by atoms with Gasteiger partial charge in [0.25, 0.3) is 11.3 Å². The molecule has 3 heterocycles. The molecule has 0 aromatic carbocycles. The Morgan fingerprint density at radius 3 is 2.95 bits per heavy atom. The second-order valence-electron chi connectivity index (χ2n) is 4.09. The Morgan fingerprint density at radius 2 is 2.21 bits per heavy atom. The fraction of sp³-hybridized carbons (Fsp3) is 0.182. The zero-order chi connectivity index (χ0) is 13.4. The van der Waals surface area contributed by atoms with Crippen molar-refractivity contribution in [1.82, 2.24) is 29.6 Å². The van der Waals surface area contributed by atoms with Crippen molar-refractivity contribution in [3.63, 3.8) is 0 Å². The van der Waals surface area contributed by atoms with E-state index in [1.165, 1.54) is 6.07 Å². The van der Waals surface area contributed by atoms with Crippen molar-refractivity contribution < 1.29 is 0 Å². The van der Waals surface area contributed by atoms with Gasteiger partial charge in [0.05, 0.1) is 6.54 Å². The van der Waals surface area contributed by atoms with E-state index in [0.717, 1.165) is 15.8 Å². The van der Waals surface area contributed by atoms with Gasteiger partial charge in [-0.15, -0.1) is 4.52 Å². The lowest BCUT2D eigenvalue weighted by molar-refractivity contribution is 0.724. The Bertz CT molecular complexity index is 791. The number of aryl methyl sites for hydroxylation is 1. The molecule has 0 fully saturated rings. The van der Waals surface area contributed by atoms with Crippen LogP contribution in [0.2, 0.25) is 5.15 Å². The summed E-state index contributed by atoms with van der Waals surface area (Å²) >= 11 is 5.75. The van der Waals surface area contributed by atoms with E-state index in [1.807, 2.05) is 17.6 Å². The van der Waals surface area contributed by atoms with Crippen LogP contribution in [0.3, 0.4) is 0 Å². The van der Waals surface area contributed by atoms with Crippen LogP contribution in [0.5, 0.6) is 0 Å². The number of tetrazole rings is 1. The van der Waals surface area contributed by atoms with Crippen molar-refractivity contribution in [2.24, 2.45) is 0 Å². The van der Waals surface area contributed by atoms with Gasteiger partial charge in [-0.05, 0) is 29.0 Å². The Morgan fingerprint density at radius 1 is 1.37 bits per heavy atom. The Kier molecular flexibility index (Phi) is 2.75. The van der Waals surface area contributed by atoms with Gasteiger partial charge in [0.2, 0.25) is 0 Å². The third-order valence-corrected chi connectivity index (χ3v) is 3.01. The molecule has 0 N–H and O–H groups in total. The lowest BCUT2D eigenvalue weighted by atomic mass is 10.3. The first-order valence-electron chi connectivity index (χ1n) is 5.54. The fourth-order valence-corrected chi connectivity index (χ4v) is 1.96. The monoisotopic (exact) mass is 276 g/mol. The van der Waals surface area contributed by atoms with E-state index in [2.05, 4.69) is 20.5 Å². The predicted molar refractivity (Wildman–Crippen MR) is 68.1 cm³/mol. The summed E-state index contributed by atoms with van der Waals surface area (Å²) in [4.78, 5) is 15.7. The normalized spacial score (nSPS) is 11.1. The van der Waals surface area contributed by atoms with Crippen molar-refractivity contribution in [1.29, 1.82) is 0 Å². The average molecular weight is 277 g/mol. The lowest BCUT2D eigenvalue weighted by Gasteiger charge is -2.10. The third-order valence-electron chi connectivity index (χ3n) is 2.79. The summed E-state index contributed by atoms with van der Waals surface area (Å²) in [7, 11) is 0. The van der Waals surface area contributed by atoms with Crippen molar-refractivity contribution in [2.45, 2.75) is 13.5 Å². The van der Waals surface area contributed by atoms with Crippen molar-refractivity contribution >= 4 is 17.4 Å². The molecule has 0 aliphatic rings. The van der Waals surface area contributed by atoms with Gasteiger partial charge in [0, 0.05) is 18.0 Å². The SMILES string of the molecule is Cc1cc(=O)n2nnnc2n1Cc1ccc(Cl)nc1. The summed E-state index contributed by atoms with van der Waals surface area (Å²) in [5.74, 6) is 0.403. The van der Waals surface area contributed by atoms with Crippen LogP contribution in [0.15, 0.2) is 29.2 Å². The maximum absolute atomic E-state index is 11.7. The number of halogens is 1. The zero-order valence-corrected chi connectivity index (χ0v) is 10.7. The molecular weight excluding hydrogens is 268 g/mol. The van der Waals surface area contributed by atoms with Crippen LogP contribution >= 0.6 is 11.6 Å². The Hall–Kier alpha value is -2.28. The highest BCUT2D eigenvalue weighted by molar-refractivity contribution is 6.29. The molecular formula is C11H9ClN6O. The molecule has 0 bridgehead atoms. The number of nitrogens with zero attached hydrogens (tertiary/aromatic N) is 6. The van der Waals surface area contributed by atoms with E-state index < -0.39 is 0 Å². The van der Waals surface area contributed by atoms with Crippen LogP contribution in [0.4, 0.5) is 0 Å². The largest absolute Gasteiger partial charge is 0.308 e. The number of hydrogen-bond acceptors (Lipinski definition) is 5. The number of fused-ring (bicyclic) bond motifs is 1. The number of rotatable bonds is 2. The first-order valence-corrected chi connectivity index (χ1v) is 5.92. The minimum absolute atomic E-state index is 0.247. The average Bonchev–Trinajstić information content (AvgIpc) is 2.86. The van der Waals surface area contributed by atoms with Gasteiger partial charge >= 0.3 is 0 Å². The smallest absolute Gasteiger partial charge is 0.277 e. The Balaban J connectivity index is 2.12. The topological polar surface area (TPSA) is 78.0 Å². The molecule has 0 saturated heterocycles. The fourth-order valence-electron chi connectivity index (χ4n) is 1.85. The van der Waals surface area contributed by atoms with Gasteiger partial charge in [-0.1, -0.05) is 22.8 Å². The molecule has 0 aliphatic heterocycles. The number of pyridine rings is 1. The van der Waals surface area contributed by atoms with Crippen LogP contribution < -0.4 is 5.56 Å². The summed E-state index contributed by atoms with van der Waals surface area (Å²) < 4.78 is 3.00. The third kappa shape index (κ3) is 2.08. The van der Waals surface area contributed by atoms with E-state index in [0.29, 0.717) is 17.5 Å². The molecule has 0 atom stereocenters. The van der Waals surface area contributed by atoms with Gasteiger partial charge in [-0.2, -0.15) is 0 Å². The molecule has 8 heteroatoms.